The molecule has 0 aliphatic rings. The Bertz CT molecular complexity index is 612. The molecule has 1 aromatic carbocycles. The van der Waals surface area contributed by atoms with Crippen LogP contribution in [0.3, 0.4) is 0 Å². The minimum absolute atomic E-state index is 0.275. The number of nitrogens with two attached hydrogens (primary N) is 1. The molecule has 20 heavy (non-hydrogen) atoms. The minimum Gasteiger partial charge on any atom is -0.497 e. The number of nitrogen functional groups attached to an aromatic ring is 1. The number of carbonyl (C=O) groups is 1. The molecule has 0 fully saturated rings. The molecular weight excluding hydrogens is 258 g/mol. The van der Waals surface area contributed by atoms with Gasteiger partial charge in [0.25, 0.3) is 0 Å². The highest BCUT2D eigenvalue weighted by Crippen LogP contribution is 2.21. The molecule has 0 aliphatic heterocycles. The summed E-state index contributed by atoms with van der Waals surface area (Å²) >= 11 is 0. The molecule has 0 aliphatic carbocycles. The second-order valence-corrected chi connectivity index (χ2v) is 4.00. The lowest BCUT2D eigenvalue weighted by Crippen LogP contribution is -2.07. The lowest BCUT2D eigenvalue weighted by molar-refractivity contribution is 0.0602. The molecule has 104 valence electrons. The quantitative estimate of drug-likeness (QED) is 0.830. The molecule has 0 atom stereocenters. The van der Waals surface area contributed by atoms with Crippen molar-refractivity contribution < 1.29 is 14.3 Å². The largest absolute Gasteiger partial charge is 0.497 e. The van der Waals surface area contributed by atoms with E-state index in [1.54, 1.807) is 13.2 Å². The molecule has 1 heterocycles. The van der Waals surface area contributed by atoms with Crippen molar-refractivity contribution in [1.82, 2.24) is 4.98 Å². The van der Waals surface area contributed by atoms with Crippen LogP contribution in [0.15, 0.2) is 36.5 Å². The fourth-order valence-electron chi connectivity index (χ4n) is 1.64. The molecule has 2 rings (SSSR count). The van der Waals surface area contributed by atoms with Crippen molar-refractivity contribution in [2.45, 2.75) is 0 Å². The van der Waals surface area contributed by atoms with E-state index in [9.17, 15) is 4.79 Å². The van der Waals surface area contributed by atoms with Gasteiger partial charge in [0.2, 0.25) is 0 Å². The molecule has 0 saturated carbocycles. The number of carbonyl (C=O) groups excluding carboxylic acids is 1. The van der Waals surface area contributed by atoms with Gasteiger partial charge in [-0.25, -0.2) is 9.78 Å². The Morgan fingerprint density at radius 2 is 1.95 bits per heavy atom. The van der Waals surface area contributed by atoms with Gasteiger partial charge in [-0.3, -0.25) is 0 Å². The van der Waals surface area contributed by atoms with E-state index < -0.39 is 5.97 Å². The van der Waals surface area contributed by atoms with Crippen molar-refractivity contribution in [2.75, 3.05) is 25.3 Å². The molecule has 3 N–H and O–H groups in total. The standard InChI is InChI=1S/C14H15N3O3/c1-19-10-5-3-9(4-6-10)17-13-7-11(14(18)20-2)12(15)8-16-13/h3-8H,15H2,1-2H3,(H,16,17). The number of anilines is 3. The smallest absolute Gasteiger partial charge is 0.340 e. The highest BCUT2D eigenvalue weighted by Gasteiger charge is 2.11. The summed E-state index contributed by atoms with van der Waals surface area (Å²) in [4.78, 5) is 15.7. The predicted molar refractivity (Wildman–Crippen MR) is 76.3 cm³/mol. The summed E-state index contributed by atoms with van der Waals surface area (Å²) in [7, 11) is 2.91. The van der Waals surface area contributed by atoms with Crippen molar-refractivity contribution in [3.8, 4) is 5.75 Å². The Labute approximate surface area is 116 Å². The normalized spacial score (nSPS) is 9.90. The average molecular weight is 273 g/mol. The number of hydrogen-bond donors (Lipinski definition) is 2. The molecule has 0 amide bonds. The highest BCUT2D eigenvalue weighted by atomic mass is 16.5. The van der Waals surface area contributed by atoms with Crippen LogP contribution in [0.25, 0.3) is 0 Å². The summed E-state index contributed by atoms with van der Waals surface area (Å²) < 4.78 is 9.74. The third kappa shape index (κ3) is 2.97. The van der Waals surface area contributed by atoms with Gasteiger partial charge in [0.1, 0.15) is 11.6 Å². The van der Waals surface area contributed by atoms with E-state index in [0.717, 1.165) is 11.4 Å². The third-order valence-electron chi connectivity index (χ3n) is 2.70. The van der Waals surface area contributed by atoms with Gasteiger partial charge in [-0.2, -0.15) is 0 Å². The zero-order chi connectivity index (χ0) is 14.5. The van der Waals surface area contributed by atoms with Gasteiger partial charge in [-0.05, 0) is 30.3 Å². The van der Waals surface area contributed by atoms with Crippen LogP contribution in [-0.2, 0) is 4.74 Å². The first-order chi connectivity index (χ1) is 9.63. The highest BCUT2D eigenvalue weighted by molar-refractivity contribution is 5.95. The molecule has 1 aromatic heterocycles. The Morgan fingerprint density at radius 1 is 1.25 bits per heavy atom. The van der Waals surface area contributed by atoms with E-state index in [0.29, 0.717) is 5.82 Å². The maximum Gasteiger partial charge on any atom is 0.340 e. The molecule has 0 radical (unpaired) electrons. The Balaban J connectivity index is 2.22. The van der Waals surface area contributed by atoms with Gasteiger partial charge in [-0.15, -0.1) is 0 Å². The Hall–Kier alpha value is -2.76. The summed E-state index contributed by atoms with van der Waals surface area (Å²) in [6.45, 7) is 0. The summed E-state index contributed by atoms with van der Waals surface area (Å²) in [5.41, 5.74) is 7.06. The number of aromatic nitrogens is 1. The first-order valence-electron chi connectivity index (χ1n) is 5.89. The fourth-order valence-corrected chi connectivity index (χ4v) is 1.64. The number of rotatable bonds is 4. The number of ether oxygens (including phenoxy) is 2. The second-order valence-electron chi connectivity index (χ2n) is 4.00. The molecule has 6 heteroatoms. The Kier molecular flexibility index (Phi) is 4.05. The summed E-state index contributed by atoms with van der Waals surface area (Å²) in [6.07, 6.45) is 1.41. The molecule has 2 aromatic rings. The topological polar surface area (TPSA) is 86.5 Å². The van der Waals surface area contributed by atoms with Crippen LogP contribution in [0.4, 0.5) is 17.2 Å². The van der Waals surface area contributed by atoms with Gasteiger partial charge < -0.3 is 20.5 Å². The molecule has 0 bridgehead atoms. The molecule has 6 nitrogen and oxygen atoms in total. The van der Waals surface area contributed by atoms with Crippen molar-refractivity contribution >= 4 is 23.2 Å². The van der Waals surface area contributed by atoms with Gasteiger partial charge in [0.15, 0.2) is 0 Å². The number of nitrogens with zero attached hydrogens (tertiary/aromatic N) is 1. The van der Waals surface area contributed by atoms with Gasteiger partial charge in [0.05, 0.1) is 31.7 Å². The summed E-state index contributed by atoms with van der Waals surface area (Å²) in [5, 5.41) is 3.07. The van der Waals surface area contributed by atoms with Crippen LogP contribution in [-0.4, -0.2) is 25.2 Å². The number of benzene rings is 1. The number of esters is 1. The summed E-state index contributed by atoms with van der Waals surface area (Å²) in [6, 6.07) is 8.87. The fraction of sp³-hybridized carbons (Fsp3) is 0.143. The van der Waals surface area contributed by atoms with E-state index >= 15 is 0 Å². The lowest BCUT2D eigenvalue weighted by atomic mass is 10.2. The van der Waals surface area contributed by atoms with Crippen LogP contribution < -0.4 is 15.8 Å². The average Bonchev–Trinajstić information content (AvgIpc) is 2.49. The van der Waals surface area contributed by atoms with E-state index in [-0.39, 0.29) is 11.3 Å². The number of nitrogens with one attached hydrogen (secondary N) is 1. The lowest BCUT2D eigenvalue weighted by Gasteiger charge is -2.09. The molecule has 0 spiro atoms. The monoisotopic (exact) mass is 273 g/mol. The van der Waals surface area contributed by atoms with Crippen LogP contribution in [0, 0.1) is 0 Å². The van der Waals surface area contributed by atoms with Crippen molar-refractivity contribution in [2.24, 2.45) is 0 Å². The van der Waals surface area contributed by atoms with Gasteiger partial charge in [0, 0.05) is 5.69 Å². The summed E-state index contributed by atoms with van der Waals surface area (Å²) in [5.74, 6) is 0.767. The zero-order valence-electron chi connectivity index (χ0n) is 11.2. The van der Waals surface area contributed by atoms with Crippen molar-refractivity contribution in [3.05, 3.63) is 42.1 Å². The zero-order valence-corrected chi connectivity index (χ0v) is 11.2. The van der Waals surface area contributed by atoms with E-state index in [4.69, 9.17) is 10.5 Å². The van der Waals surface area contributed by atoms with Crippen LogP contribution in [0.2, 0.25) is 0 Å². The molecular formula is C14H15N3O3. The second kappa shape index (κ2) is 5.92. The molecule has 0 unspecified atom stereocenters. The number of pyridine rings is 1. The maximum absolute atomic E-state index is 11.5. The van der Waals surface area contributed by atoms with Crippen LogP contribution >= 0.6 is 0 Å². The predicted octanol–water partition coefficient (Wildman–Crippen LogP) is 2.20. The Morgan fingerprint density at radius 3 is 2.55 bits per heavy atom. The van der Waals surface area contributed by atoms with Crippen LogP contribution in [0.5, 0.6) is 5.75 Å². The minimum atomic E-state index is -0.498. The van der Waals surface area contributed by atoms with Crippen LogP contribution in [0.1, 0.15) is 10.4 Å². The SMILES string of the molecule is COC(=O)c1cc(Nc2ccc(OC)cc2)ncc1N. The first kappa shape index (κ1) is 13.7. The van der Waals surface area contributed by atoms with Crippen molar-refractivity contribution in [1.29, 1.82) is 0 Å². The number of hydrogen-bond acceptors (Lipinski definition) is 6. The third-order valence-corrected chi connectivity index (χ3v) is 2.70. The van der Waals surface area contributed by atoms with Gasteiger partial charge in [-0.1, -0.05) is 0 Å². The van der Waals surface area contributed by atoms with E-state index in [1.165, 1.54) is 13.3 Å². The van der Waals surface area contributed by atoms with E-state index in [2.05, 4.69) is 15.0 Å². The van der Waals surface area contributed by atoms with E-state index in [1.807, 2.05) is 24.3 Å². The maximum atomic E-state index is 11.5. The van der Waals surface area contributed by atoms with Gasteiger partial charge >= 0.3 is 5.97 Å². The van der Waals surface area contributed by atoms with Crippen molar-refractivity contribution in [3.63, 3.8) is 0 Å². The first-order valence-corrected chi connectivity index (χ1v) is 5.89. The number of methoxy groups -OCH3 is 2. The molecule has 0 saturated heterocycles.